The fraction of sp³-hybridized carbons (Fsp3) is 0.133. The van der Waals surface area contributed by atoms with Crippen LogP contribution in [0, 0.1) is 0 Å². The van der Waals surface area contributed by atoms with Gasteiger partial charge >= 0.3 is 0 Å². The van der Waals surface area contributed by atoms with Gasteiger partial charge in [-0.2, -0.15) is 0 Å². The maximum Gasteiger partial charge on any atom is 0.257 e. The van der Waals surface area contributed by atoms with E-state index >= 15 is 0 Å². The Kier molecular flexibility index (Phi) is 4.35. The third-order valence-corrected chi connectivity index (χ3v) is 5.13. The minimum absolute atomic E-state index is 0.0469. The maximum atomic E-state index is 12.4. The molecule has 0 bridgehead atoms. The van der Waals surface area contributed by atoms with Crippen molar-refractivity contribution in [3.05, 3.63) is 47.0 Å². The van der Waals surface area contributed by atoms with Crippen molar-refractivity contribution in [3.63, 3.8) is 0 Å². The van der Waals surface area contributed by atoms with Gasteiger partial charge in [0, 0.05) is 11.8 Å². The topological polar surface area (TPSA) is 93.7 Å². The second-order valence-electron chi connectivity index (χ2n) is 4.87. The van der Waals surface area contributed by atoms with Crippen molar-refractivity contribution in [2.24, 2.45) is 0 Å². The summed E-state index contributed by atoms with van der Waals surface area (Å²) in [5.74, 6) is 0.575. The van der Waals surface area contributed by atoms with Crippen LogP contribution in [0.2, 0.25) is 5.02 Å². The number of ether oxygens (including phenoxy) is 2. The molecule has 3 rings (SSSR count). The van der Waals surface area contributed by atoms with Crippen molar-refractivity contribution in [2.45, 2.75) is 4.90 Å². The van der Waals surface area contributed by atoms with Gasteiger partial charge in [0.05, 0.1) is 15.5 Å². The summed E-state index contributed by atoms with van der Waals surface area (Å²) < 4.78 is 36.3. The lowest BCUT2D eigenvalue weighted by Crippen LogP contribution is -2.20. The minimum Gasteiger partial charge on any atom is -0.454 e. The van der Waals surface area contributed by atoms with Gasteiger partial charge in [0.25, 0.3) is 5.91 Å². The molecule has 9 heteroatoms. The van der Waals surface area contributed by atoms with E-state index in [1.807, 2.05) is 0 Å². The Hall–Kier alpha value is -2.29. The lowest BCUT2D eigenvalue weighted by Gasteiger charge is -2.09. The van der Waals surface area contributed by atoms with E-state index in [0.29, 0.717) is 17.2 Å². The van der Waals surface area contributed by atoms with Crippen LogP contribution in [0.5, 0.6) is 11.5 Å². The lowest BCUT2D eigenvalue weighted by molar-refractivity contribution is 0.102. The van der Waals surface area contributed by atoms with Gasteiger partial charge in [0.15, 0.2) is 11.5 Å². The number of hydrogen-bond acceptors (Lipinski definition) is 5. The van der Waals surface area contributed by atoms with Gasteiger partial charge in [-0.25, -0.2) is 13.1 Å². The zero-order valence-corrected chi connectivity index (χ0v) is 14.1. The normalized spacial score (nSPS) is 12.9. The molecule has 0 saturated carbocycles. The molecule has 0 aliphatic carbocycles. The summed E-state index contributed by atoms with van der Waals surface area (Å²) in [7, 11) is -2.39. The fourth-order valence-electron chi connectivity index (χ4n) is 2.14. The molecule has 0 unspecified atom stereocenters. The van der Waals surface area contributed by atoms with Gasteiger partial charge < -0.3 is 14.8 Å². The monoisotopic (exact) mass is 368 g/mol. The van der Waals surface area contributed by atoms with Crippen LogP contribution in [0.15, 0.2) is 41.3 Å². The predicted molar refractivity (Wildman–Crippen MR) is 88.2 cm³/mol. The molecule has 1 amide bonds. The Morgan fingerprint density at radius 2 is 1.88 bits per heavy atom. The number of anilines is 1. The summed E-state index contributed by atoms with van der Waals surface area (Å²) in [5, 5.41) is 2.79. The average molecular weight is 369 g/mol. The molecular weight excluding hydrogens is 356 g/mol. The van der Waals surface area contributed by atoms with E-state index in [-0.39, 0.29) is 22.3 Å². The Morgan fingerprint density at radius 1 is 1.12 bits per heavy atom. The molecule has 24 heavy (non-hydrogen) atoms. The maximum absolute atomic E-state index is 12.4. The second kappa shape index (κ2) is 6.31. The number of nitrogens with one attached hydrogen (secondary N) is 2. The first-order chi connectivity index (χ1) is 11.4. The number of halogens is 1. The standard InChI is InChI=1S/C15H13ClN2O5S/c1-17-24(20,21)10-3-4-12(16)11(7-10)15(19)18-9-2-5-13-14(6-9)23-8-22-13/h2-7,17H,8H2,1H3,(H,18,19). The number of carbonyl (C=O) groups is 1. The van der Waals surface area contributed by atoms with Gasteiger partial charge in [-0.3, -0.25) is 4.79 Å². The molecule has 0 radical (unpaired) electrons. The highest BCUT2D eigenvalue weighted by atomic mass is 35.5. The summed E-state index contributed by atoms with van der Waals surface area (Å²) in [5.41, 5.74) is 0.521. The second-order valence-corrected chi connectivity index (χ2v) is 7.17. The van der Waals surface area contributed by atoms with E-state index < -0.39 is 15.9 Å². The summed E-state index contributed by atoms with van der Waals surface area (Å²) >= 11 is 6.02. The van der Waals surface area contributed by atoms with Crippen molar-refractivity contribution >= 4 is 33.2 Å². The zero-order valence-electron chi connectivity index (χ0n) is 12.5. The van der Waals surface area contributed by atoms with Crippen LogP contribution in [0.4, 0.5) is 5.69 Å². The number of carbonyl (C=O) groups excluding carboxylic acids is 1. The Morgan fingerprint density at radius 3 is 2.62 bits per heavy atom. The molecule has 0 aromatic heterocycles. The number of fused-ring (bicyclic) bond motifs is 1. The number of rotatable bonds is 4. The van der Waals surface area contributed by atoms with Gasteiger partial charge in [0.1, 0.15) is 0 Å². The Labute approximate surface area is 143 Å². The Bertz CT molecular complexity index is 914. The molecule has 0 spiro atoms. The summed E-state index contributed by atoms with van der Waals surface area (Å²) in [6, 6.07) is 8.83. The van der Waals surface area contributed by atoms with Crippen molar-refractivity contribution in [3.8, 4) is 11.5 Å². The molecule has 1 aliphatic rings. The number of hydrogen-bond donors (Lipinski definition) is 2. The average Bonchev–Trinajstić information content (AvgIpc) is 3.02. The number of benzene rings is 2. The van der Waals surface area contributed by atoms with E-state index in [1.165, 1.54) is 25.2 Å². The molecule has 126 valence electrons. The van der Waals surface area contributed by atoms with E-state index in [2.05, 4.69) is 10.0 Å². The largest absolute Gasteiger partial charge is 0.454 e. The van der Waals surface area contributed by atoms with Gasteiger partial charge in [-0.1, -0.05) is 11.6 Å². The van der Waals surface area contributed by atoms with Gasteiger partial charge in [0.2, 0.25) is 16.8 Å². The molecule has 0 atom stereocenters. The number of amides is 1. The zero-order chi connectivity index (χ0) is 17.3. The highest BCUT2D eigenvalue weighted by Crippen LogP contribution is 2.34. The van der Waals surface area contributed by atoms with E-state index in [9.17, 15) is 13.2 Å². The van der Waals surface area contributed by atoms with Gasteiger partial charge in [-0.05, 0) is 37.4 Å². The first kappa shape index (κ1) is 16.6. The summed E-state index contributed by atoms with van der Waals surface area (Å²) in [6.07, 6.45) is 0. The van der Waals surface area contributed by atoms with Crippen LogP contribution in [-0.2, 0) is 10.0 Å². The molecule has 1 heterocycles. The first-order valence-electron chi connectivity index (χ1n) is 6.85. The third kappa shape index (κ3) is 3.16. The molecular formula is C15H13ClN2O5S. The van der Waals surface area contributed by atoms with Crippen molar-refractivity contribution in [1.29, 1.82) is 0 Å². The lowest BCUT2D eigenvalue weighted by atomic mass is 10.2. The van der Waals surface area contributed by atoms with Crippen LogP contribution in [-0.4, -0.2) is 28.2 Å². The van der Waals surface area contributed by atoms with Crippen LogP contribution in [0.3, 0.4) is 0 Å². The van der Waals surface area contributed by atoms with E-state index in [4.69, 9.17) is 21.1 Å². The summed E-state index contributed by atoms with van der Waals surface area (Å²) in [4.78, 5) is 12.4. The van der Waals surface area contributed by atoms with E-state index in [1.54, 1.807) is 18.2 Å². The van der Waals surface area contributed by atoms with Crippen molar-refractivity contribution in [2.75, 3.05) is 19.2 Å². The fourth-order valence-corrected chi connectivity index (χ4v) is 3.10. The highest BCUT2D eigenvalue weighted by Gasteiger charge is 2.19. The van der Waals surface area contributed by atoms with Crippen LogP contribution < -0.4 is 19.5 Å². The molecule has 0 fully saturated rings. The van der Waals surface area contributed by atoms with Crippen molar-refractivity contribution in [1.82, 2.24) is 4.72 Å². The predicted octanol–water partition coefficient (Wildman–Crippen LogP) is 2.23. The SMILES string of the molecule is CNS(=O)(=O)c1ccc(Cl)c(C(=O)Nc2ccc3c(c2)OCO3)c1. The minimum atomic E-state index is -3.68. The Balaban J connectivity index is 1.88. The molecule has 2 aromatic carbocycles. The van der Waals surface area contributed by atoms with Gasteiger partial charge in [-0.15, -0.1) is 0 Å². The molecule has 1 aliphatic heterocycles. The van der Waals surface area contributed by atoms with Crippen LogP contribution >= 0.6 is 11.6 Å². The first-order valence-corrected chi connectivity index (χ1v) is 8.71. The molecule has 2 N–H and O–H groups in total. The molecule has 0 saturated heterocycles. The quantitative estimate of drug-likeness (QED) is 0.863. The summed E-state index contributed by atoms with van der Waals surface area (Å²) in [6.45, 7) is 0.127. The highest BCUT2D eigenvalue weighted by molar-refractivity contribution is 7.89. The van der Waals surface area contributed by atoms with Crippen molar-refractivity contribution < 1.29 is 22.7 Å². The number of sulfonamides is 1. The molecule has 7 nitrogen and oxygen atoms in total. The van der Waals surface area contributed by atoms with Crippen LogP contribution in [0.1, 0.15) is 10.4 Å². The molecule has 2 aromatic rings. The van der Waals surface area contributed by atoms with Crippen LogP contribution in [0.25, 0.3) is 0 Å². The smallest absolute Gasteiger partial charge is 0.257 e. The van der Waals surface area contributed by atoms with E-state index in [0.717, 1.165) is 0 Å². The third-order valence-electron chi connectivity index (χ3n) is 3.39.